The van der Waals surface area contributed by atoms with E-state index in [0.717, 1.165) is 22.9 Å². The second-order valence-electron chi connectivity index (χ2n) is 5.21. The van der Waals surface area contributed by atoms with E-state index in [4.69, 9.17) is 0 Å². The number of hydrogen-bond donors (Lipinski definition) is 1. The zero-order chi connectivity index (χ0) is 14.0. The number of aryl methyl sites for hydroxylation is 2. The van der Waals surface area contributed by atoms with Gasteiger partial charge in [-0.15, -0.1) is 0 Å². The molecule has 0 aliphatic carbocycles. The smallest absolute Gasteiger partial charge is 0.141 e. The zero-order valence-electron chi connectivity index (χ0n) is 11.4. The average Bonchev–Trinajstić information content (AvgIpc) is 2.34. The predicted molar refractivity (Wildman–Crippen MR) is 73.4 cm³/mol. The van der Waals surface area contributed by atoms with Gasteiger partial charge in [0.25, 0.3) is 0 Å². The SMILES string of the molecule is Cc1cccc(C)c1CC(C)(O)c1cncc(F)c1. The van der Waals surface area contributed by atoms with Crippen LogP contribution in [0.1, 0.15) is 29.2 Å². The van der Waals surface area contributed by atoms with Gasteiger partial charge in [-0.1, -0.05) is 18.2 Å². The summed E-state index contributed by atoms with van der Waals surface area (Å²) < 4.78 is 13.2. The molecule has 1 atom stereocenters. The molecule has 1 N–H and O–H groups in total. The van der Waals surface area contributed by atoms with Crippen LogP contribution in [0.5, 0.6) is 0 Å². The van der Waals surface area contributed by atoms with Crippen molar-refractivity contribution < 1.29 is 9.50 Å². The molecule has 0 bridgehead atoms. The predicted octanol–water partition coefficient (Wildman–Crippen LogP) is 3.29. The van der Waals surface area contributed by atoms with E-state index in [1.807, 2.05) is 32.0 Å². The van der Waals surface area contributed by atoms with E-state index < -0.39 is 11.4 Å². The van der Waals surface area contributed by atoms with Gasteiger partial charge in [-0.3, -0.25) is 4.98 Å². The van der Waals surface area contributed by atoms with E-state index in [9.17, 15) is 9.50 Å². The second kappa shape index (κ2) is 5.10. The summed E-state index contributed by atoms with van der Waals surface area (Å²) in [6, 6.07) is 7.36. The van der Waals surface area contributed by atoms with Crippen LogP contribution in [0.2, 0.25) is 0 Å². The van der Waals surface area contributed by atoms with Gasteiger partial charge >= 0.3 is 0 Å². The van der Waals surface area contributed by atoms with E-state index in [-0.39, 0.29) is 0 Å². The molecule has 0 radical (unpaired) electrons. The average molecular weight is 259 g/mol. The summed E-state index contributed by atoms with van der Waals surface area (Å²) in [5.74, 6) is -0.431. The first-order valence-corrected chi connectivity index (χ1v) is 6.28. The van der Waals surface area contributed by atoms with Crippen LogP contribution >= 0.6 is 0 Å². The number of nitrogens with zero attached hydrogens (tertiary/aromatic N) is 1. The summed E-state index contributed by atoms with van der Waals surface area (Å²) in [5, 5.41) is 10.6. The number of hydrogen-bond acceptors (Lipinski definition) is 2. The Morgan fingerprint density at radius 1 is 1.21 bits per heavy atom. The highest BCUT2D eigenvalue weighted by Gasteiger charge is 2.25. The summed E-state index contributed by atoms with van der Waals surface area (Å²) >= 11 is 0. The second-order valence-corrected chi connectivity index (χ2v) is 5.21. The van der Waals surface area contributed by atoms with Crippen LogP contribution in [0.3, 0.4) is 0 Å². The van der Waals surface area contributed by atoms with Crippen molar-refractivity contribution in [2.45, 2.75) is 32.8 Å². The minimum absolute atomic E-state index is 0.431. The van der Waals surface area contributed by atoms with Gasteiger partial charge in [-0.2, -0.15) is 0 Å². The highest BCUT2D eigenvalue weighted by Crippen LogP contribution is 2.28. The van der Waals surface area contributed by atoms with E-state index in [1.165, 1.54) is 12.3 Å². The van der Waals surface area contributed by atoms with Crippen molar-refractivity contribution in [2.75, 3.05) is 0 Å². The first kappa shape index (κ1) is 13.7. The number of pyridine rings is 1. The Kier molecular flexibility index (Phi) is 3.67. The summed E-state index contributed by atoms with van der Waals surface area (Å²) in [6.07, 6.45) is 3.09. The molecule has 2 rings (SSSR count). The number of benzene rings is 1. The third-order valence-electron chi connectivity index (χ3n) is 3.49. The Morgan fingerprint density at radius 3 is 2.42 bits per heavy atom. The molecule has 100 valence electrons. The molecule has 0 spiro atoms. The van der Waals surface area contributed by atoms with Crippen LogP contribution < -0.4 is 0 Å². The molecule has 0 aliphatic heterocycles. The first-order valence-electron chi connectivity index (χ1n) is 6.28. The fraction of sp³-hybridized carbons (Fsp3) is 0.312. The topological polar surface area (TPSA) is 33.1 Å². The Hall–Kier alpha value is -1.74. The largest absolute Gasteiger partial charge is 0.385 e. The number of aliphatic hydroxyl groups is 1. The van der Waals surface area contributed by atoms with E-state index >= 15 is 0 Å². The fourth-order valence-electron chi connectivity index (χ4n) is 2.28. The van der Waals surface area contributed by atoms with Gasteiger partial charge in [0, 0.05) is 18.2 Å². The summed E-state index contributed by atoms with van der Waals surface area (Å²) in [7, 11) is 0. The van der Waals surface area contributed by atoms with Gasteiger partial charge in [0.15, 0.2) is 0 Å². The van der Waals surface area contributed by atoms with Crippen LogP contribution in [-0.4, -0.2) is 10.1 Å². The van der Waals surface area contributed by atoms with E-state index in [2.05, 4.69) is 4.98 Å². The molecule has 0 amide bonds. The Bertz CT molecular complexity index is 573. The molecule has 1 aromatic carbocycles. The molecular formula is C16H18FNO. The first-order chi connectivity index (χ1) is 8.90. The van der Waals surface area contributed by atoms with Crippen molar-refractivity contribution in [3.8, 4) is 0 Å². The molecule has 1 aromatic heterocycles. The summed E-state index contributed by atoms with van der Waals surface area (Å²) in [5.41, 5.74) is 2.72. The van der Waals surface area contributed by atoms with Gasteiger partial charge in [0.05, 0.1) is 11.8 Å². The molecular weight excluding hydrogens is 241 g/mol. The Balaban J connectivity index is 2.36. The monoisotopic (exact) mass is 259 g/mol. The van der Waals surface area contributed by atoms with Crippen molar-refractivity contribution >= 4 is 0 Å². The molecule has 1 heterocycles. The highest BCUT2D eigenvalue weighted by atomic mass is 19.1. The minimum Gasteiger partial charge on any atom is -0.385 e. The maximum Gasteiger partial charge on any atom is 0.141 e. The molecule has 3 heteroatoms. The van der Waals surface area contributed by atoms with Crippen molar-refractivity contribution in [2.24, 2.45) is 0 Å². The quantitative estimate of drug-likeness (QED) is 0.917. The lowest BCUT2D eigenvalue weighted by Crippen LogP contribution is -2.25. The number of rotatable bonds is 3. The Morgan fingerprint density at radius 2 is 1.84 bits per heavy atom. The standard InChI is InChI=1S/C16H18FNO/c1-11-5-4-6-12(2)15(11)8-16(3,19)13-7-14(17)10-18-9-13/h4-7,9-10,19H,8H2,1-3H3. The van der Waals surface area contributed by atoms with Crippen LogP contribution in [0, 0.1) is 19.7 Å². The third kappa shape index (κ3) is 2.99. The van der Waals surface area contributed by atoms with Gasteiger partial charge in [-0.25, -0.2) is 4.39 Å². The minimum atomic E-state index is -1.13. The zero-order valence-corrected chi connectivity index (χ0v) is 11.4. The molecule has 0 saturated heterocycles. The molecule has 2 nitrogen and oxygen atoms in total. The maximum absolute atomic E-state index is 13.2. The van der Waals surface area contributed by atoms with Gasteiger partial charge in [-0.05, 0) is 43.5 Å². The van der Waals surface area contributed by atoms with Crippen LogP contribution in [0.15, 0.2) is 36.7 Å². The molecule has 0 saturated carbocycles. The highest BCUT2D eigenvalue weighted by molar-refractivity contribution is 5.36. The molecule has 1 unspecified atom stereocenters. The van der Waals surface area contributed by atoms with Crippen molar-refractivity contribution in [1.29, 1.82) is 0 Å². The van der Waals surface area contributed by atoms with Crippen molar-refractivity contribution in [3.05, 3.63) is 64.7 Å². The third-order valence-corrected chi connectivity index (χ3v) is 3.49. The Labute approximate surface area is 112 Å². The van der Waals surface area contributed by atoms with Gasteiger partial charge in [0.2, 0.25) is 0 Å². The molecule has 2 aromatic rings. The summed E-state index contributed by atoms with van der Waals surface area (Å²) in [4.78, 5) is 3.80. The number of aromatic nitrogens is 1. The fourth-order valence-corrected chi connectivity index (χ4v) is 2.28. The van der Waals surface area contributed by atoms with Gasteiger partial charge < -0.3 is 5.11 Å². The maximum atomic E-state index is 13.2. The van der Waals surface area contributed by atoms with Crippen molar-refractivity contribution in [1.82, 2.24) is 4.98 Å². The molecule has 0 aliphatic rings. The van der Waals surface area contributed by atoms with Crippen LogP contribution in [0.25, 0.3) is 0 Å². The normalized spacial score (nSPS) is 14.2. The van der Waals surface area contributed by atoms with Crippen LogP contribution in [-0.2, 0) is 12.0 Å². The number of halogens is 1. The van der Waals surface area contributed by atoms with Crippen molar-refractivity contribution in [3.63, 3.8) is 0 Å². The van der Waals surface area contributed by atoms with Gasteiger partial charge in [0.1, 0.15) is 5.82 Å². The lowest BCUT2D eigenvalue weighted by Gasteiger charge is -2.25. The lowest BCUT2D eigenvalue weighted by atomic mass is 9.86. The van der Waals surface area contributed by atoms with Crippen LogP contribution in [0.4, 0.5) is 4.39 Å². The van der Waals surface area contributed by atoms with E-state index in [0.29, 0.717) is 12.0 Å². The molecule has 19 heavy (non-hydrogen) atoms. The summed E-state index contributed by atoms with van der Waals surface area (Å²) in [6.45, 7) is 5.72. The lowest BCUT2D eigenvalue weighted by molar-refractivity contribution is 0.0566. The molecule has 0 fully saturated rings. The van der Waals surface area contributed by atoms with E-state index in [1.54, 1.807) is 6.92 Å².